The van der Waals surface area contributed by atoms with Crippen LogP contribution in [0, 0.1) is 22.9 Å². The summed E-state index contributed by atoms with van der Waals surface area (Å²) in [6.45, 7) is 7.93. The molecule has 2 aliphatic heterocycles. The van der Waals surface area contributed by atoms with Crippen LogP contribution in [0.15, 0.2) is 101 Å². The zero-order chi connectivity index (χ0) is 29.3. The van der Waals surface area contributed by atoms with E-state index in [2.05, 4.69) is 32.9 Å². The number of rotatable bonds is 6. The largest absolute Gasteiger partial charge is 0.404 e. The summed E-state index contributed by atoms with van der Waals surface area (Å²) in [5, 5.41) is 0. The zero-order valence-corrected chi connectivity index (χ0v) is 24.0. The molecule has 1 atom stereocenters. The molecule has 2 saturated heterocycles. The Balaban J connectivity index is 1.39. The van der Waals surface area contributed by atoms with Crippen molar-refractivity contribution in [1.82, 2.24) is 9.29 Å². The van der Waals surface area contributed by atoms with Gasteiger partial charge in [0.2, 0.25) is 0 Å². The summed E-state index contributed by atoms with van der Waals surface area (Å²) in [6.07, 6.45) is 9.12. The highest BCUT2D eigenvalue weighted by molar-refractivity contribution is 7.97. The monoisotopic (exact) mass is 587 g/mol. The highest BCUT2D eigenvalue weighted by Gasteiger charge is 2.46. The number of fused-ring (bicyclic) bond motifs is 1. The normalized spacial score (nSPS) is 22.8. The Morgan fingerprint density at radius 1 is 1.00 bits per heavy atom. The molecule has 0 spiro atoms. The Kier molecular flexibility index (Phi) is 7.96. The summed E-state index contributed by atoms with van der Waals surface area (Å²) in [5.41, 5.74) is 11.1. The van der Waals surface area contributed by atoms with Crippen molar-refractivity contribution >= 4 is 34.7 Å². The number of piperidine rings is 1. The molecule has 1 aliphatic carbocycles. The summed E-state index contributed by atoms with van der Waals surface area (Å²) in [7, 11) is 0. The van der Waals surface area contributed by atoms with Gasteiger partial charge in [-0.15, -0.1) is 0 Å². The van der Waals surface area contributed by atoms with E-state index in [0.29, 0.717) is 30.1 Å². The van der Waals surface area contributed by atoms with Gasteiger partial charge >= 0.3 is 0 Å². The van der Waals surface area contributed by atoms with Crippen molar-refractivity contribution in [2.75, 3.05) is 31.1 Å². The first-order chi connectivity index (χ1) is 20.3. The minimum absolute atomic E-state index is 0.317. The third kappa shape index (κ3) is 5.63. The van der Waals surface area contributed by atoms with Crippen molar-refractivity contribution in [2.45, 2.75) is 30.6 Å². The number of benzene rings is 2. The zero-order valence-electron chi connectivity index (χ0n) is 23.2. The second kappa shape index (κ2) is 11.8. The van der Waals surface area contributed by atoms with Gasteiger partial charge in [-0.2, -0.15) is 0 Å². The molecule has 6 rings (SSSR count). The maximum absolute atomic E-state index is 14.0. The van der Waals surface area contributed by atoms with Gasteiger partial charge in [0.1, 0.15) is 11.6 Å². The van der Waals surface area contributed by atoms with Crippen LogP contribution in [0.4, 0.5) is 24.7 Å². The number of anilines is 1. The predicted octanol–water partition coefficient (Wildman–Crippen LogP) is 7.46. The SMILES string of the molecule is C=C(c1ccnc(N2CCCC2)c1)C12CC(=CN)C(=Nc3ccc(F)cc3)C=C1CCN(Sc1ccc(F)c(F)c1)C2. The molecular formula is C33H32F3N5S. The Labute approximate surface area is 248 Å². The van der Waals surface area contributed by atoms with Gasteiger partial charge in [-0.1, -0.05) is 12.2 Å². The lowest BCUT2D eigenvalue weighted by Crippen LogP contribution is -2.45. The third-order valence-electron chi connectivity index (χ3n) is 8.33. The van der Waals surface area contributed by atoms with Crippen molar-refractivity contribution < 1.29 is 13.2 Å². The summed E-state index contributed by atoms with van der Waals surface area (Å²) in [5.74, 6) is -1.10. The second-order valence-electron chi connectivity index (χ2n) is 10.9. The molecule has 3 aromatic rings. The molecular weight excluding hydrogens is 555 g/mol. The van der Waals surface area contributed by atoms with Crippen LogP contribution in [-0.2, 0) is 0 Å². The standard InChI is InChI=1S/C33H32F3N5S/c1-22(23-10-12-38-32(16-23)40-13-2-3-14-40)33-19-24(20-37)31(39-27-6-4-26(34)5-7-27)17-25(33)11-15-41(21-33)42-28-8-9-29(35)30(36)18-28/h4-10,12,16-18,20H,1-3,11,13-15,19,21,37H2. The Bertz CT molecular complexity index is 1590. The number of hydrogen-bond donors (Lipinski definition) is 1. The minimum Gasteiger partial charge on any atom is -0.404 e. The molecule has 3 aliphatic rings. The minimum atomic E-state index is -0.865. The number of aliphatic imine (C=N–C) groups is 1. The molecule has 9 heteroatoms. The lowest BCUT2D eigenvalue weighted by molar-refractivity contribution is 0.288. The van der Waals surface area contributed by atoms with Crippen molar-refractivity contribution in [2.24, 2.45) is 16.1 Å². The van der Waals surface area contributed by atoms with E-state index < -0.39 is 17.0 Å². The second-order valence-corrected chi connectivity index (χ2v) is 12.1. The van der Waals surface area contributed by atoms with Gasteiger partial charge < -0.3 is 10.6 Å². The number of nitrogens with two attached hydrogens (primary N) is 1. The van der Waals surface area contributed by atoms with Crippen LogP contribution in [0.25, 0.3) is 5.57 Å². The first-order valence-electron chi connectivity index (χ1n) is 14.1. The number of allylic oxidation sites excluding steroid dienone is 2. The van der Waals surface area contributed by atoms with Crippen LogP contribution in [0.3, 0.4) is 0 Å². The average molecular weight is 588 g/mol. The quantitative estimate of drug-likeness (QED) is 0.304. The maximum atomic E-state index is 14.0. The molecule has 216 valence electrons. The number of aromatic nitrogens is 1. The third-order valence-corrected chi connectivity index (χ3v) is 9.36. The average Bonchev–Trinajstić information content (AvgIpc) is 3.55. The molecule has 2 N–H and O–H groups in total. The van der Waals surface area contributed by atoms with E-state index in [-0.39, 0.29) is 5.82 Å². The molecule has 0 radical (unpaired) electrons. The van der Waals surface area contributed by atoms with Gasteiger partial charge in [0, 0.05) is 42.7 Å². The summed E-state index contributed by atoms with van der Waals surface area (Å²) in [6, 6.07) is 14.2. The Morgan fingerprint density at radius 3 is 2.52 bits per heavy atom. The lowest BCUT2D eigenvalue weighted by Gasteiger charge is -2.48. The fourth-order valence-electron chi connectivity index (χ4n) is 6.08. The van der Waals surface area contributed by atoms with Crippen molar-refractivity contribution in [3.8, 4) is 0 Å². The van der Waals surface area contributed by atoms with Crippen LogP contribution in [0.2, 0.25) is 0 Å². The van der Waals surface area contributed by atoms with Gasteiger partial charge in [0.05, 0.1) is 11.4 Å². The molecule has 5 nitrogen and oxygen atoms in total. The van der Waals surface area contributed by atoms with Gasteiger partial charge in [0.25, 0.3) is 0 Å². The van der Waals surface area contributed by atoms with Crippen LogP contribution < -0.4 is 10.6 Å². The molecule has 2 fully saturated rings. The number of hydrogen-bond acceptors (Lipinski definition) is 6. The smallest absolute Gasteiger partial charge is 0.159 e. The van der Waals surface area contributed by atoms with Gasteiger partial charge in [-0.05, 0) is 121 Å². The molecule has 0 saturated carbocycles. The van der Waals surface area contributed by atoms with E-state index in [1.54, 1.807) is 24.4 Å². The predicted molar refractivity (Wildman–Crippen MR) is 164 cm³/mol. The van der Waals surface area contributed by atoms with Crippen molar-refractivity contribution in [1.29, 1.82) is 0 Å². The number of nitrogens with zero attached hydrogens (tertiary/aromatic N) is 4. The van der Waals surface area contributed by atoms with E-state index in [1.807, 2.05) is 12.3 Å². The van der Waals surface area contributed by atoms with Crippen LogP contribution >= 0.6 is 11.9 Å². The first-order valence-corrected chi connectivity index (χ1v) is 14.9. The van der Waals surface area contributed by atoms with Gasteiger partial charge in [-0.25, -0.2) is 27.5 Å². The van der Waals surface area contributed by atoms with E-state index in [1.165, 1.54) is 35.7 Å². The van der Waals surface area contributed by atoms with Crippen LogP contribution in [0.5, 0.6) is 0 Å². The lowest BCUT2D eigenvalue weighted by atomic mass is 9.62. The Morgan fingerprint density at radius 2 is 1.79 bits per heavy atom. The molecule has 42 heavy (non-hydrogen) atoms. The highest BCUT2D eigenvalue weighted by Crippen LogP contribution is 2.53. The van der Waals surface area contributed by atoms with Crippen molar-refractivity contribution in [3.05, 3.63) is 114 Å². The maximum Gasteiger partial charge on any atom is 0.159 e. The summed E-state index contributed by atoms with van der Waals surface area (Å²) in [4.78, 5) is 12.4. The Hall–Kier alpha value is -3.82. The highest BCUT2D eigenvalue weighted by atomic mass is 32.2. The van der Waals surface area contributed by atoms with Crippen LogP contribution in [0.1, 0.15) is 31.2 Å². The van der Waals surface area contributed by atoms with E-state index in [4.69, 9.17) is 10.7 Å². The number of halogens is 3. The molecule has 0 amide bonds. The summed E-state index contributed by atoms with van der Waals surface area (Å²) >= 11 is 1.41. The molecule has 2 aromatic carbocycles. The van der Waals surface area contributed by atoms with Crippen LogP contribution in [-0.4, -0.2) is 41.2 Å². The van der Waals surface area contributed by atoms with E-state index in [0.717, 1.165) is 66.7 Å². The van der Waals surface area contributed by atoms with E-state index in [9.17, 15) is 13.2 Å². The molecule has 3 heterocycles. The molecule has 1 unspecified atom stereocenters. The van der Waals surface area contributed by atoms with Gasteiger partial charge in [-0.3, -0.25) is 0 Å². The molecule has 1 aromatic heterocycles. The number of pyridine rings is 1. The van der Waals surface area contributed by atoms with Gasteiger partial charge in [0.15, 0.2) is 11.6 Å². The van der Waals surface area contributed by atoms with Crippen molar-refractivity contribution in [3.63, 3.8) is 0 Å². The fraction of sp³-hybridized carbons (Fsp3) is 0.273. The van der Waals surface area contributed by atoms with E-state index >= 15 is 0 Å². The first kappa shape index (κ1) is 28.3. The fourth-order valence-corrected chi connectivity index (χ4v) is 7.13. The topological polar surface area (TPSA) is 57.8 Å². The molecule has 0 bridgehead atoms. The summed E-state index contributed by atoms with van der Waals surface area (Å²) < 4.78 is 43.4.